The summed E-state index contributed by atoms with van der Waals surface area (Å²) in [5, 5.41) is 52.7. The number of fused-ring (bicyclic) bond motifs is 3. The number of hydrogen-bond donors (Lipinski definition) is 6. The number of ether oxygens (including phenoxy) is 2. The second kappa shape index (κ2) is 11.5. The van der Waals surface area contributed by atoms with E-state index in [9.17, 15) is 39.9 Å². The molecule has 15 heteroatoms. The molecule has 1 aliphatic carbocycles. The Morgan fingerprint density at radius 2 is 1.60 bits per heavy atom. The van der Waals surface area contributed by atoms with E-state index in [4.69, 9.17) is 15.2 Å². The molecule has 0 unspecified atom stereocenters. The van der Waals surface area contributed by atoms with Gasteiger partial charge in [0.05, 0.1) is 12.2 Å². The van der Waals surface area contributed by atoms with Crippen LogP contribution in [0.2, 0.25) is 0 Å². The predicted octanol–water partition coefficient (Wildman–Crippen LogP) is -0.591. The molecule has 3 aliphatic heterocycles. The van der Waals surface area contributed by atoms with Crippen LogP contribution in [0.3, 0.4) is 0 Å². The average Bonchev–Trinajstić information content (AvgIpc) is 3.49. The maximum atomic E-state index is 13.7. The predicted molar refractivity (Wildman–Crippen MR) is 164 cm³/mol. The van der Waals surface area contributed by atoms with E-state index in [1.807, 2.05) is 0 Å². The topological polar surface area (TPSA) is 237 Å². The monoisotopic (exact) mass is 641 g/mol. The van der Waals surface area contributed by atoms with Gasteiger partial charge in [-0.25, -0.2) is 0 Å². The van der Waals surface area contributed by atoms with Crippen molar-refractivity contribution in [3.8, 4) is 11.5 Å². The zero-order valence-electron chi connectivity index (χ0n) is 24.3. The number of carbonyl (C=O) groups excluding carboxylic acids is 3. The van der Waals surface area contributed by atoms with Crippen LogP contribution in [0.5, 0.6) is 11.5 Å². The minimum Gasteiger partial charge on any atom is -0.504 e. The standard InChI is InChI=1S/C32H27N5O10/c33-32-35-29-21(30(45)36-32)34-12-37(29)18-8-4-1-5-13(18)9-14-10-17-20(23(40)16-7-3-2-6-15(16)22(17)39)25(42)28(14)47-31-27(44)26(43)24(41)19(11-38)46-31/h1-8,10,19,24,26-27,31,38,41-44H,9,11-12H2,(H2,33,36,45)/t19-,24-,26+,27-,31+/m0/s1. The van der Waals surface area contributed by atoms with Crippen LogP contribution >= 0.6 is 0 Å². The van der Waals surface area contributed by atoms with Crippen molar-refractivity contribution >= 4 is 40.7 Å². The molecule has 1 fully saturated rings. The van der Waals surface area contributed by atoms with Gasteiger partial charge in [-0.15, -0.1) is 0 Å². The molecule has 240 valence electrons. The van der Waals surface area contributed by atoms with E-state index in [1.54, 1.807) is 41.3 Å². The second-order valence-corrected chi connectivity index (χ2v) is 11.2. The number of nitrogens with zero attached hydrogens (tertiary/aromatic N) is 4. The van der Waals surface area contributed by atoms with Crippen molar-refractivity contribution in [1.29, 1.82) is 0 Å². The lowest BCUT2D eigenvalue weighted by Crippen LogP contribution is -2.60. The van der Waals surface area contributed by atoms with Gasteiger partial charge in [-0.2, -0.15) is 9.98 Å². The van der Waals surface area contributed by atoms with Crippen molar-refractivity contribution in [2.24, 2.45) is 20.7 Å². The van der Waals surface area contributed by atoms with Crippen LogP contribution in [-0.2, 0) is 16.0 Å². The number of phenols is 1. The number of guanidine groups is 1. The zero-order valence-corrected chi connectivity index (χ0v) is 24.3. The molecule has 1 saturated heterocycles. The normalized spacial score (nSPS) is 25.0. The SMILES string of the molecule is NC1=NC(=O)C2=NCN(c3ccccc3Cc3cc4c(c(O)c3O[C@H]3O[C@@H](CO)[C@H](O)[C@@H](O)[C@@H]3O)C(=O)c3ccccc3C4=O)C2=N1. The first-order chi connectivity index (χ1) is 22.6. The first-order valence-electron chi connectivity index (χ1n) is 14.5. The third-order valence-electron chi connectivity index (χ3n) is 8.44. The summed E-state index contributed by atoms with van der Waals surface area (Å²) in [6.45, 7) is -0.709. The minimum absolute atomic E-state index is 0.0210. The number of amides is 1. The van der Waals surface area contributed by atoms with E-state index in [-0.39, 0.29) is 64.2 Å². The maximum Gasteiger partial charge on any atom is 0.302 e. The number of aliphatic imine (C=N–C) groups is 3. The number of rotatable bonds is 6. The van der Waals surface area contributed by atoms with Gasteiger partial charge in [0.25, 0.3) is 0 Å². The molecule has 1 amide bonds. The quantitative estimate of drug-likeness (QED) is 0.155. The van der Waals surface area contributed by atoms with Gasteiger partial charge in [0.1, 0.15) is 31.1 Å². The van der Waals surface area contributed by atoms with Gasteiger partial charge in [0.2, 0.25) is 12.2 Å². The second-order valence-electron chi connectivity index (χ2n) is 11.2. The van der Waals surface area contributed by atoms with Crippen molar-refractivity contribution in [2.75, 3.05) is 18.2 Å². The number of hydrogen-bond acceptors (Lipinski definition) is 14. The van der Waals surface area contributed by atoms with Crippen LogP contribution in [0.15, 0.2) is 69.6 Å². The molecule has 3 heterocycles. The Bertz CT molecular complexity index is 1950. The molecule has 3 aromatic carbocycles. The molecular weight excluding hydrogens is 614 g/mol. The van der Waals surface area contributed by atoms with Gasteiger partial charge in [0, 0.05) is 34.4 Å². The lowest BCUT2D eigenvalue weighted by atomic mass is 9.82. The van der Waals surface area contributed by atoms with E-state index in [0.29, 0.717) is 11.3 Å². The van der Waals surface area contributed by atoms with Gasteiger partial charge in [-0.3, -0.25) is 19.4 Å². The van der Waals surface area contributed by atoms with Crippen molar-refractivity contribution in [3.63, 3.8) is 0 Å². The van der Waals surface area contributed by atoms with Gasteiger partial charge in [-0.1, -0.05) is 42.5 Å². The van der Waals surface area contributed by atoms with Crippen molar-refractivity contribution in [2.45, 2.75) is 37.1 Å². The van der Waals surface area contributed by atoms with Crippen LogP contribution < -0.4 is 15.4 Å². The Balaban J connectivity index is 1.34. The molecule has 0 radical (unpaired) electrons. The molecule has 15 nitrogen and oxygen atoms in total. The number of nitrogens with two attached hydrogens (primary N) is 1. The third-order valence-corrected chi connectivity index (χ3v) is 8.44. The molecule has 0 saturated carbocycles. The highest BCUT2D eigenvalue weighted by Crippen LogP contribution is 2.44. The van der Waals surface area contributed by atoms with Gasteiger partial charge >= 0.3 is 5.91 Å². The molecule has 4 aliphatic rings. The number of aliphatic hydroxyl groups is 4. The molecule has 0 aromatic heterocycles. The average molecular weight is 642 g/mol. The summed E-state index contributed by atoms with van der Waals surface area (Å²) >= 11 is 0. The maximum absolute atomic E-state index is 13.7. The fourth-order valence-electron chi connectivity index (χ4n) is 6.11. The Hall–Kier alpha value is -5.32. The molecule has 3 aromatic rings. The number of phenolic OH excluding ortho intramolecular Hbond substituents is 1. The number of aromatic hydroxyl groups is 1. The van der Waals surface area contributed by atoms with Crippen molar-refractivity contribution < 1.29 is 49.4 Å². The number of aliphatic hydroxyl groups excluding tert-OH is 4. The molecule has 5 atom stereocenters. The van der Waals surface area contributed by atoms with E-state index < -0.39 is 60.5 Å². The highest BCUT2D eigenvalue weighted by Gasteiger charge is 2.46. The minimum atomic E-state index is -1.84. The molecule has 0 bridgehead atoms. The van der Waals surface area contributed by atoms with E-state index >= 15 is 0 Å². The van der Waals surface area contributed by atoms with Crippen molar-refractivity contribution in [3.05, 3.63) is 88.0 Å². The van der Waals surface area contributed by atoms with E-state index in [2.05, 4.69) is 15.0 Å². The van der Waals surface area contributed by atoms with E-state index in [0.717, 1.165) is 0 Å². The van der Waals surface area contributed by atoms with Crippen LogP contribution in [0, 0.1) is 0 Å². The summed E-state index contributed by atoms with van der Waals surface area (Å²) < 4.78 is 11.5. The number of anilines is 1. The number of benzene rings is 3. The smallest absolute Gasteiger partial charge is 0.302 e. The summed E-state index contributed by atoms with van der Waals surface area (Å²) in [5.74, 6) is -2.88. The summed E-state index contributed by atoms with van der Waals surface area (Å²) in [6.07, 6.45) is -8.39. The first-order valence-corrected chi connectivity index (χ1v) is 14.5. The Kier molecular flexibility index (Phi) is 7.41. The van der Waals surface area contributed by atoms with Crippen LogP contribution in [0.1, 0.15) is 43.0 Å². The first kappa shape index (κ1) is 30.3. The van der Waals surface area contributed by atoms with Gasteiger partial charge < -0.3 is 45.6 Å². The Morgan fingerprint density at radius 3 is 2.34 bits per heavy atom. The molecule has 7 N–H and O–H groups in total. The summed E-state index contributed by atoms with van der Waals surface area (Å²) in [4.78, 5) is 53.5. The van der Waals surface area contributed by atoms with Gasteiger partial charge in [0.15, 0.2) is 34.6 Å². The molecular formula is C32H27N5O10. The number of amidine groups is 1. The lowest BCUT2D eigenvalue weighted by molar-refractivity contribution is -0.277. The summed E-state index contributed by atoms with van der Waals surface area (Å²) in [7, 11) is 0. The number of ketones is 2. The van der Waals surface area contributed by atoms with Gasteiger partial charge in [-0.05, 0) is 17.7 Å². The molecule has 7 rings (SSSR count). The molecule has 0 spiro atoms. The highest BCUT2D eigenvalue weighted by molar-refractivity contribution is 6.72. The zero-order chi connectivity index (χ0) is 33.1. The summed E-state index contributed by atoms with van der Waals surface area (Å²) in [6, 6.07) is 14.5. The lowest BCUT2D eigenvalue weighted by Gasteiger charge is -2.40. The van der Waals surface area contributed by atoms with Crippen LogP contribution in [-0.4, -0.2) is 104 Å². The summed E-state index contributed by atoms with van der Waals surface area (Å²) in [5.41, 5.74) is 6.90. The van der Waals surface area contributed by atoms with Crippen LogP contribution in [0.25, 0.3) is 0 Å². The Morgan fingerprint density at radius 1 is 0.894 bits per heavy atom. The molecule has 47 heavy (non-hydrogen) atoms. The number of para-hydroxylation sites is 1. The fraction of sp³-hybridized carbons (Fsp3) is 0.250. The highest BCUT2D eigenvalue weighted by atomic mass is 16.7. The van der Waals surface area contributed by atoms with Crippen molar-refractivity contribution in [1.82, 2.24) is 0 Å². The number of carbonyl (C=O) groups is 3. The largest absolute Gasteiger partial charge is 0.504 e. The third kappa shape index (κ3) is 4.88. The van der Waals surface area contributed by atoms with E-state index in [1.165, 1.54) is 18.2 Å². The Labute approximate surface area is 265 Å². The van der Waals surface area contributed by atoms with Crippen LogP contribution in [0.4, 0.5) is 5.69 Å². The fourth-order valence-corrected chi connectivity index (χ4v) is 6.11.